The number of aromatic nitrogens is 1. The molecular weight excluding hydrogens is 256 g/mol. The van der Waals surface area contributed by atoms with E-state index < -0.39 is 11.4 Å². The Balaban J connectivity index is 2.03. The van der Waals surface area contributed by atoms with Crippen molar-refractivity contribution in [2.24, 2.45) is 5.41 Å². The summed E-state index contributed by atoms with van der Waals surface area (Å²) in [6.45, 7) is 6.03. The van der Waals surface area contributed by atoms with Gasteiger partial charge in [0.25, 0.3) is 0 Å². The molecule has 20 heavy (non-hydrogen) atoms. The van der Waals surface area contributed by atoms with E-state index in [9.17, 15) is 4.79 Å². The maximum absolute atomic E-state index is 11.1. The number of aryl methyl sites for hydroxylation is 1. The number of pyridine rings is 1. The van der Waals surface area contributed by atoms with Crippen molar-refractivity contribution in [2.45, 2.75) is 46.2 Å². The molecule has 1 aliphatic carbocycles. The molecule has 110 valence electrons. The highest BCUT2D eigenvalue weighted by atomic mass is 16.5. The van der Waals surface area contributed by atoms with Crippen LogP contribution in [0.15, 0.2) is 12.1 Å². The van der Waals surface area contributed by atoms with Crippen LogP contribution in [0.2, 0.25) is 0 Å². The quantitative estimate of drug-likeness (QED) is 0.799. The van der Waals surface area contributed by atoms with Crippen molar-refractivity contribution < 1.29 is 14.6 Å². The largest absolute Gasteiger partial charge is 0.490 e. The minimum absolute atomic E-state index is 0.128. The van der Waals surface area contributed by atoms with Crippen LogP contribution in [0.5, 0.6) is 5.75 Å². The Morgan fingerprint density at radius 1 is 1.50 bits per heavy atom. The van der Waals surface area contributed by atoms with Gasteiger partial charge < -0.3 is 15.2 Å². The number of carboxylic acid groups (broad SMARTS) is 1. The van der Waals surface area contributed by atoms with Gasteiger partial charge in [0.05, 0.1) is 11.1 Å². The van der Waals surface area contributed by atoms with E-state index in [0.717, 1.165) is 11.4 Å². The van der Waals surface area contributed by atoms with Crippen molar-refractivity contribution in [3.63, 3.8) is 0 Å². The molecular formula is C15H22N2O3. The van der Waals surface area contributed by atoms with Crippen LogP contribution in [0.4, 0.5) is 0 Å². The van der Waals surface area contributed by atoms with Gasteiger partial charge >= 0.3 is 5.97 Å². The van der Waals surface area contributed by atoms with Gasteiger partial charge in [-0.25, -0.2) is 0 Å². The molecule has 0 aromatic carbocycles. The molecule has 0 atom stereocenters. The lowest BCUT2D eigenvalue weighted by Gasteiger charge is -2.20. The van der Waals surface area contributed by atoms with E-state index in [1.54, 1.807) is 13.8 Å². The first-order valence-corrected chi connectivity index (χ1v) is 6.94. The number of rotatable bonds is 7. The van der Waals surface area contributed by atoms with Crippen LogP contribution in [-0.4, -0.2) is 28.7 Å². The van der Waals surface area contributed by atoms with Crippen LogP contribution < -0.4 is 10.1 Å². The molecule has 0 aliphatic heterocycles. The SMILES string of the molecule is Cc1ccc(OCC(C)(C)C(=O)O)c(CNC2CC2)n1. The van der Waals surface area contributed by atoms with Gasteiger partial charge in [0.15, 0.2) is 0 Å². The molecule has 0 saturated heterocycles. The average molecular weight is 278 g/mol. The fraction of sp³-hybridized carbons (Fsp3) is 0.600. The van der Waals surface area contributed by atoms with Crippen molar-refractivity contribution in [3.05, 3.63) is 23.5 Å². The second-order valence-electron chi connectivity index (χ2n) is 6.03. The fourth-order valence-electron chi connectivity index (χ4n) is 1.70. The summed E-state index contributed by atoms with van der Waals surface area (Å²) in [6.07, 6.45) is 2.43. The van der Waals surface area contributed by atoms with E-state index in [0.29, 0.717) is 18.3 Å². The molecule has 5 nitrogen and oxygen atoms in total. The van der Waals surface area contributed by atoms with Crippen LogP contribution in [-0.2, 0) is 11.3 Å². The molecule has 1 aliphatic rings. The second kappa shape index (κ2) is 5.79. The van der Waals surface area contributed by atoms with Crippen molar-refractivity contribution in [2.75, 3.05) is 6.61 Å². The Hall–Kier alpha value is -1.62. The molecule has 2 N–H and O–H groups in total. The molecule has 1 saturated carbocycles. The minimum Gasteiger partial charge on any atom is -0.490 e. The second-order valence-corrected chi connectivity index (χ2v) is 6.03. The third-order valence-corrected chi connectivity index (χ3v) is 3.37. The number of hydrogen-bond donors (Lipinski definition) is 2. The molecule has 1 fully saturated rings. The third kappa shape index (κ3) is 3.93. The van der Waals surface area contributed by atoms with Crippen molar-refractivity contribution in [1.29, 1.82) is 0 Å². The maximum atomic E-state index is 11.1. The standard InChI is InChI=1S/C15H22N2O3/c1-10-4-7-13(20-9-15(2,3)14(18)19)12(17-10)8-16-11-5-6-11/h4,7,11,16H,5-6,8-9H2,1-3H3,(H,18,19). The Kier molecular flexibility index (Phi) is 4.28. The monoisotopic (exact) mass is 278 g/mol. The highest BCUT2D eigenvalue weighted by Gasteiger charge is 2.28. The fourth-order valence-corrected chi connectivity index (χ4v) is 1.70. The molecule has 0 bridgehead atoms. The lowest BCUT2D eigenvalue weighted by molar-refractivity contribution is -0.148. The van der Waals surface area contributed by atoms with Gasteiger partial charge in [-0.2, -0.15) is 0 Å². The number of ether oxygens (including phenoxy) is 1. The summed E-state index contributed by atoms with van der Waals surface area (Å²) in [4.78, 5) is 15.6. The summed E-state index contributed by atoms with van der Waals surface area (Å²) in [5.41, 5.74) is 0.868. The van der Waals surface area contributed by atoms with E-state index in [2.05, 4.69) is 10.3 Å². The number of aliphatic carboxylic acids is 1. The number of nitrogens with one attached hydrogen (secondary N) is 1. The third-order valence-electron chi connectivity index (χ3n) is 3.37. The summed E-state index contributed by atoms with van der Waals surface area (Å²) >= 11 is 0. The summed E-state index contributed by atoms with van der Waals surface area (Å²) < 4.78 is 5.69. The van der Waals surface area contributed by atoms with E-state index >= 15 is 0 Å². The van der Waals surface area contributed by atoms with Gasteiger partial charge in [0.2, 0.25) is 0 Å². The highest BCUT2D eigenvalue weighted by molar-refractivity contribution is 5.73. The first-order valence-electron chi connectivity index (χ1n) is 6.94. The van der Waals surface area contributed by atoms with Gasteiger partial charge in [0, 0.05) is 18.3 Å². The summed E-state index contributed by atoms with van der Waals surface area (Å²) in [5.74, 6) is -0.201. The van der Waals surface area contributed by atoms with Gasteiger partial charge in [-0.1, -0.05) is 0 Å². The molecule has 0 unspecified atom stereocenters. The molecule has 5 heteroatoms. The lowest BCUT2D eigenvalue weighted by Crippen LogP contribution is -2.31. The van der Waals surface area contributed by atoms with E-state index in [-0.39, 0.29) is 6.61 Å². The molecule has 1 aromatic heterocycles. The molecule has 2 rings (SSSR count). The zero-order chi connectivity index (χ0) is 14.8. The van der Waals surface area contributed by atoms with Crippen LogP contribution in [0.3, 0.4) is 0 Å². The highest BCUT2D eigenvalue weighted by Crippen LogP contribution is 2.24. The van der Waals surface area contributed by atoms with Gasteiger partial charge in [-0.15, -0.1) is 0 Å². The summed E-state index contributed by atoms with van der Waals surface area (Å²) in [6, 6.07) is 4.34. The normalized spacial score (nSPS) is 15.2. The van der Waals surface area contributed by atoms with E-state index in [1.165, 1.54) is 12.8 Å². The van der Waals surface area contributed by atoms with Gasteiger partial charge in [-0.3, -0.25) is 9.78 Å². The molecule has 0 spiro atoms. The lowest BCUT2D eigenvalue weighted by atomic mass is 9.95. The van der Waals surface area contributed by atoms with Crippen LogP contribution in [0.25, 0.3) is 0 Å². The van der Waals surface area contributed by atoms with Crippen molar-refractivity contribution >= 4 is 5.97 Å². The smallest absolute Gasteiger partial charge is 0.312 e. The van der Waals surface area contributed by atoms with Crippen molar-refractivity contribution in [3.8, 4) is 5.75 Å². The Bertz CT molecular complexity index is 496. The predicted octanol–water partition coefficient (Wildman–Crippen LogP) is 2.13. The van der Waals surface area contributed by atoms with Crippen molar-refractivity contribution in [1.82, 2.24) is 10.3 Å². The van der Waals surface area contributed by atoms with Crippen LogP contribution in [0, 0.1) is 12.3 Å². The van der Waals surface area contributed by atoms with E-state index in [4.69, 9.17) is 9.84 Å². The number of nitrogens with zero attached hydrogens (tertiary/aromatic N) is 1. The first kappa shape index (κ1) is 14.8. The zero-order valence-corrected chi connectivity index (χ0v) is 12.3. The van der Waals surface area contributed by atoms with E-state index in [1.807, 2.05) is 19.1 Å². The van der Waals surface area contributed by atoms with Crippen LogP contribution >= 0.6 is 0 Å². The first-order chi connectivity index (χ1) is 9.38. The molecule has 1 heterocycles. The number of carboxylic acids is 1. The summed E-state index contributed by atoms with van der Waals surface area (Å²) in [5, 5.41) is 12.5. The predicted molar refractivity (Wildman–Crippen MR) is 75.7 cm³/mol. The van der Waals surface area contributed by atoms with Gasteiger partial charge in [-0.05, 0) is 45.7 Å². The minimum atomic E-state index is -0.911. The summed E-state index contributed by atoms with van der Waals surface area (Å²) in [7, 11) is 0. The Morgan fingerprint density at radius 2 is 2.20 bits per heavy atom. The van der Waals surface area contributed by atoms with Crippen LogP contribution in [0.1, 0.15) is 38.1 Å². The average Bonchev–Trinajstić information content (AvgIpc) is 3.19. The molecule has 0 radical (unpaired) electrons. The topological polar surface area (TPSA) is 71.5 Å². The van der Waals surface area contributed by atoms with Gasteiger partial charge in [0.1, 0.15) is 12.4 Å². The Labute approximate surface area is 119 Å². The molecule has 0 amide bonds. The Morgan fingerprint density at radius 3 is 2.80 bits per heavy atom. The zero-order valence-electron chi connectivity index (χ0n) is 12.3. The number of carbonyl (C=O) groups is 1. The molecule has 1 aromatic rings. The maximum Gasteiger partial charge on any atom is 0.312 e. The number of hydrogen-bond acceptors (Lipinski definition) is 4.